The fourth-order valence-electron chi connectivity index (χ4n) is 1.79. The Labute approximate surface area is 122 Å². The van der Waals surface area contributed by atoms with Crippen LogP contribution in [0.1, 0.15) is 18.4 Å². The van der Waals surface area contributed by atoms with Crippen LogP contribution >= 0.6 is 11.6 Å². The van der Waals surface area contributed by atoms with Gasteiger partial charge in [0.1, 0.15) is 6.61 Å². The fourth-order valence-corrected chi connectivity index (χ4v) is 2.00. The van der Waals surface area contributed by atoms with Gasteiger partial charge in [0.2, 0.25) is 5.79 Å². The second-order valence-corrected chi connectivity index (χ2v) is 4.98. The summed E-state index contributed by atoms with van der Waals surface area (Å²) in [5.41, 5.74) is 1.03. The van der Waals surface area contributed by atoms with Gasteiger partial charge < -0.3 is 18.9 Å². The average Bonchev–Trinajstić information content (AvgIpc) is 3.18. The molecular formula is C14H17ClO5. The number of carbonyl (C=O) groups is 1. The highest BCUT2D eigenvalue weighted by Crippen LogP contribution is 2.33. The maximum atomic E-state index is 11.0. The van der Waals surface area contributed by atoms with E-state index in [9.17, 15) is 4.79 Å². The Bertz CT molecular complexity index is 459. The zero-order valence-electron chi connectivity index (χ0n) is 11.3. The van der Waals surface area contributed by atoms with Gasteiger partial charge in [0.15, 0.2) is 0 Å². The van der Waals surface area contributed by atoms with Crippen LogP contribution in [-0.2, 0) is 25.6 Å². The SMILES string of the molecule is COC(=O)OC1(CCCOCc2cccc(Cl)c2)CO1. The molecule has 0 aromatic heterocycles. The third-order valence-corrected chi connectivity index (χ3v) is 3.14. The van der Waals surface area contributed by atoms with Gasteiger partial charge in [-0.2, -0.15) is 0 Å². The fraction of sp³-hybridized carbons (Fsp3) is 0.500. The van der Waals surface area contributed by atoms with Crippen molar-refractivity contribution >= 4 is 17.8 Å². The highest BCUT2D eigenvalue weighted by molar-refractivity contribution is 6.30. The van der Waals surface area contributed by atoms with E-state index in [0.717, 1.165) is 12.0 Å². The molecule has 1 aromatic rings. The van der Waals surface area contributed by atoms with Crippen molar-refractivity contribution in [3.05, 3.63) is 34.9 Å². The van der Waals surface area contributed by atoms with E-state index in [-0.39, 0.29) is 0 Å². The van der Waals surface area contributed by atoms with E-state index < -0.39 is 11.9 Å². The van der Waals surface area contributed by atoms with Crippen LogP contribution in [0.4, 0.5) is 4.79 Å². The molecule has 1 heterocycles. The molecule has 6 heteroatoms. The maximum absolute atomic E-state index is 11.0. The highest BCUT2D eigenvalue weighted by Gasteiger charge is 2.49. The number of rotatable bonds is 7. The summed E-state index contributed by atoms with van der Waals surface area (Å²) in [7, 11) is 1.27. The van der Waals surface area contributed by atoms with E-state index in [2.05, 4.69) is 4.74 Å². The summed E-state index contributed by atoms with van der Waals surface area (Å²) >= 11 is 5.88. The molecule has 1 saturated heterocycles. The maximum Gasteiger partial charge on any atom is 0.510 e. The van der Waals surface area contributed by atoms with Crippen molar-refractivity contribution in [1.82, 2.24) is 0 Å². The van der Waals surface area contributed by atoms with Crippen LogP contribution in [0.2, 0.25) is 5.02 Å². The van der Waals surface area contributed by atoms with Gasteiger partial charge in [-0.15, -0.1) is 0 Å². The van der Waals surface area contributed by atoms with Crippen LogP contribution in [-0.4, -0.2) is 32.3 Å². The van der Waals surface area contributed by atoms with Crippen LogP contribution in [0.15, 0.2) is 24.3 Å². The number of halogens is 1. The van der Waals surface area contributed by atoms with Crippen LogP contribution in [0.25, 0.3) is 0 Å². The van der Waals surface area contributed by atoms with E-state index in [1.54, 1.807) is 0 Å². The Morgan fingerprint density at radius 3 is 2.95 bits per heavy atom. The molecule has 2 rings (SSSR count). The lowest BCUT2D eigenvalue weighted by Crippen LogP contribution is -2.21. The number of carbonyl (C=O) groups excluding carboxylic acids is 1. The van der Waals surface area contributed by atoms with Crippen molar-refractivity contribution in [2.24, 2.45) is 0 Å². The molecule has 1 aromatic carbocycles. The molecule has 1 aliphatic heterocycles. The first-order valence-corrected chi connectivity index (χ1v) is 6.74. The van der Waals surface area contributed by atoms with Crippen molar-refractivity contribution in [2.45, 2.75) is 25.2 Å². The third kappa shape index (κ3) is 4.67. The molecule has 0 spiro atoms. The summed E-state index contributed by atoms with van der Waals surface area (Å²) in [6, 6.07) is 7.53. The van der Waals surface area contributed by atoms with Crippen LogP contribution in [0.5, 0.6) is 0 Å². The minimum Gasteiger partial charge on any atom is -0.438 e. The molecule has 110 valence electrons. The number of hydrogen-bond acceptors (Lipinski definition) is 5. The Morgan fingerprint density at radius 1 is 1.50 bits per heavy atom. The van der Waals surface area contributed by atoms with Crippen molar-refractivity contribution in [2.75, 3.05) is 20.3 Å². The lowest BCUT2D eigenvalue weighted by molar-refractivity contribution is -0.0359. The molecule has 0 radical (unpaired) electrons. The predicted octanol–water partition coefficient (Wildman–Crippen LogP) is 3.15. The largest absolute Gasteiger partial charge is 0.510 e. The summed E-state index contributed by atoms with van der Waals surface area (Å²) in [5.74, 6) is -0.799. The quantitative estimate of drug-likeness (QED) is 0.440. The molecular weight excluding hydrogens is 284 g/mol. The Kier molecular flexibility index (Phi) is 5.23. The molecule has 1 aliphatic rings. The van der Waals surface area contributed by atoms with Gasteiger partial charge in [0.05, 0.1) is 13.7 Å². The number of benzene rings is 1. The first-order valence-electron chi connectivity index (χ1n) is 6.37. The van der Waals surface area contributed by atoms with Gasteiger partial charge >= 0.3 is 6.16 Å². The van der Waals surface area contributed by atoms with E-state index in [1.807, 2.05) is 24.3 Å². The summed E-state index contributed by atoms with van der Waals surface area (Å²) in [6.45, 7) is 1.48. The first kappa shape index (κ1) is 15.1. The Morgan fingerprint density at radius 2 is 2.30 bits per heavy atom. The van der Waals surface area contributed by atoms with Crippen molar-refractivity contribution < 1.29 is 23.7 Å². The molecule has 1 unspecified atom stereocenters. The average molecular weight is 301 g/mol. The van der Waals surface area contributed by atoms with Gasteiger partial charge in [-0.05, 0) is 24.1 Å². The van der Waals surface area contributed by atoms with Gasteiger partial charge in [-0.1, -0.05) is 23.7 Å². The normalized spacial score (nSPS) is 20.5. The zero-order valence-corrected chi connectivity index (χ0v) is 12.0. The van der Waals surface area contributed by atoms with Crippen molar-refractivity contribution in [1.29, 1.82) is 0 Å². The molecule has 1 atom stereocenters. The lowest BCUT2D eigenvalue weighted by Gasteiger charge is -2.12. The standard InChI is InChI=1S/C14H17ClO5/c1-17-13(16)20-14(10-19-14)6-3-7-18-9-11-4-2-5-12(15)8-11/h2,4-5,8H,3,6-7,9-10H2,1H3. The summed E-state index contributed by atoms with van der Waals surface area (Å²) < 4.78 is 20.2. The summed E-state index contributed by atoms with van der Waals surface area (Å²) in [4.78, 5) is 11.0. The lowest BCUT2D eigenvalue weighted by atomic mass is 10.2. The summed E-state index contributed by atoms with van der Waals surface area (Å²) in [5, 5.41) is 0.697. The van der Waals surface area contributed by atoms with E-state index in [4.69, 9.17) is 25.8 Å². The second-order valence-electron chi connectivity index (χ2n) is 4.54. The van der Waals surface area contributed by atoms with E-state index >= 15 is 0 Å². The second kappa shape index (κ2) is 6.92. The minimum absolute atomic E-state index is 0.413. The molecule has 5 nitrogen and oxygen atoms in total. The Hall–Kier alpha value is -1.30. The molecule has 0 saturated carbocycles. The molecule has 0 bridgehead atoms. The first-order chi connectivity index (χ1) is 9.63. The molecule has 20 heavy (non-hydrogen) atoms. The molecule has 0 aliphatic carbocycles. The van der Waals surface area contributed by atoms with E-state index in [1.165, 1.54) is 7.11 Å². The van der Waals surface area contributed by atoms with Crippen LogP contribution in [0, 0.1) is 0 Å². The molecule has 0 N–H and O–H groups in total. The predicted molar refractivity (Wildman–Crippen MR) is 72.5 cm³/mol. The molecule has 1 fully saturated rings. The number of epoxide rings is 1. The topological polar surface area (TPSA) is 57.3 Å². The Balaban J connectivity index is 1.61. The van der Waals surface area contributed by atoms with Gasteiger partial charge in [-0.3, -0.25) is 0 Å². The van der Waals surface area contributed by atoms with Gasteiger partial charge in [0.25, 0.3) is 0 Å². The van der Waals surface area contributed by atoms with Gasteiger partial charge in [0, 0.05) is 18.1 Å². The van der Waals surface area contributed by atoms with E-state index in [0.29, 0.717) is 31.3 Å². The minimum atomic E-state index is -0.799. The molecule has 0 amide bonds. The zero-order chi connectivity index (χ0) is 14.4. The number of hydrogen-bond donors (Lipinski definition) is 0. The van der Waals surface area contributed by atoms with Gasteiger partial charge in [-0.25, -0.2) is 4.79 Å². The van der Waals surface area contributed by atoms with Crippen molar-refractivity contribution in [3.63, 3.8) is 0 Å². The highest BCUT2D eigenvalue weighted by atomic mass is 35.5. The number of methoxy groups -OCH3 is 1. The monoisotopic (exact) mass is 300 g/mol. The summed E-state index contributed by atoms with van der Waals surface area (Å²) in [6.07, 6.45) is 0.609. The number of ether oxygens (including phenoxy) is 4. The van der Waals surface area contributed by atoms with Crippen LogP contribution in [0.3, 0.4) is 0 Å². The smallest absolute Gasteiger partial charge is 0.438 e. The third-order valence-electron chi connectivity index (χ3n) is 2.91. The van der Waals surface area contributed by atoms with Crippen LogP contribution < -0.4 is 0 Å². The van der Waals surface area contributed by atoms with Crippen molar-refractivity contribution in [3.8, 4) is 0 Å².